The van der Waals surface area contributed by atoms with Gasteiger partial charge in [-0.1, -0.05) is 13.8 Å². The highest BCUT2D eigenvalue weighted by Gasteiger charge is 2.26. The van der Waals surface area contributed by atoms with Crippen molar-refractivity contribution < 1.29 is 14.7 Å². The van der Waals surface area contributed by atoms with Gasteiger partial charge in [0.1, 0.15) is 6.54 Å². The fourth-order valence-electron chi connectivity index (χ4n) is 1.06. The number of rotatable bonds is 3. The molecule has 1 heterocycles. The first kappa shape index (κ1) is 9.70. The van der Waals surface area contributed by atoms with Gasteiger partial charge in [0.25, 0.3) is 0 Å². The lowest BCUT2D eigenvalue weighted by Crippen LogP contribution is -2.27. The number of nitrogens with zero attached hydrogens (tertiary/aromatic N) is 2. The van der Waals surface area contributed by atoms with Crippen molar-refractivity contribution in [3.8, 4) is 0 Å². The molecule has 5 heteroatoms. The summed E-state index contributed by atoms with van der Waals surface area (Å²) in [6, 6.07) is 0. The van der Waals surface area contributed by atoms with Gasteiger partial charge < -0.3 is 5.11 Å². The fraction of sp³-hybridized carbons (Fsp3) is 0.625. The van der Waals surface area contributed by atoms with Gasteiger partial charge in [0, 0.05) is 0 Å². The Bertz CT molecular complexity index is 271. The molecule has 1 N–H and O–H groups in total. The minimum absolute atomic E-state index is 0.197. The van der Waals surface area contributed by atoms with Crippen molar-refractivity contribution in [2.75, 3.05) is 6.54 Å². The molecule has 1 rings (SSSR count). The van der Waals surface area contributed by atoms with E-state index in [-0.39, 0.29) is 24.8 Å². The lowest BCUT2D eigenvalue weighted by atomic mass is 10.1. The maximum Gasteiger partial charge on any atom is 0.325 e. The van der Waals surface area contributed by atoms with E-state index in [1.165, 1.54) is 0 Å². The lowest BCUT2D eigenvalue weighted by Gasteiger charge is -2.06. The smallest absolute Gasteiger partial charge is 0.325 e. The van der Waals surface area contributed by atoms with Crippen LogP contribution in [0.4, 0.5) is 0 Å². The summed E-state index contributed by atoms with van der Waals surface area (Å²) < 4.78 is 0. The van der Waals surface area contributed by atoms with Gasteiger partial charge in [-0.05, 0) is 5.92 Å². The number of hydrogen-bond acceptors (Lipinski definition) is 3. The normalized spacial score (nSPS) is 16.7. The topological polar surface area (TPSA) is 70.0 Å². The van der Waals surface area contributed by atoms with Crippen LogP contribution in [0, 0.1) is 5.92 Å². The first-order valence-electron chi connectivity index (χ1n) is 4.10. The van der Waals surface area contributed by atoms with Crippen LogP contribution in [0.1, 0.15) is 20.3 Å². The molecule has 0 radical (unpaired) electrons. The number of carboxylic acids is 1. The van der Waals surface area contributed by atoms with E-state index < -0.39 is 5.97 Å². The number of carbonyl (C=O) groups excluding carboxylic acids is 1. The minimum atomic E-state index is -1.04. The first-order valence-corrected chi connectivity index (χ1v) is 4.10. The molecule has 0 aromatic rings. The van der Waals surface area contributed by atoms with Crippen LogP contribution < -0.4 is 0 Å². The zero-order valence-corrected chi connectivity index (χ0v) is 7.65. The van der Waals surface area contributed by atoms with Crippen molar-refractivity contribution in [2.45, 2.75) is 20.3 Å². The Morgan fingerprint density at radius 3 is 2.69 bits per heavy atom. The van der Waals surface area contributed by atoms with E-state index in [9.17, 15) is 9.59 Å². The van der Waals surface area contributed by atoms with Crippen molar-refractivity contribution >= 4 is 17.6 Å². The van der Waals surface area contributed by atoms with Crippen molar-refractivity contribution in [1.82, 2.24) is 5.01 Å². The maximum absolute atomic E-state index is 11.2. The van der Waals surface area contributed by atoms with E-state index in [1.807, 2.05) is 13.8 Å². The fourth-order valence-corrected chi connectivity index (χ4v) is 1.06. The number of hydrazone groups is 1. The second-order valence-electron chi connectivity index (χ2n) is 3.27. The van der Waals surface area contributed by atoms with Crippen LogP contribution in [0.5, 0.6) is 0 Å². The van der Waals surface area contributed by atoms with Crippen molar-refractivity contribution in [2.24, 2.45) is 11.0 Å². The molecule has 0 aliphatic carbocycles. The summed E-state index contributed by atoms with van der Waals surface area (Å²) >= 11 is 0. The van der Waals surface area contributed by atoms with Gasteiger partial charge in [-0.3, -0.25) is 9.59 Å². The van der Waals surface area contributed by atoms with E-state index in [4.69, 9.17) is 5.11 Å². The SMILES string of the molecule is CC(C)C1=NN(CC(=O)O)C(=O)C1. The Morgan fingerprint density at radius 2 is 2.31 bits per heavy atom. The Labute approximate surface area is 76.0 Å². The van der Waals surface area contributed by atoms with Crippen molar-refractivity contribution in [3.05, 3.63) is 0 Å². The van der Waals surface area contributed by atoms with Gasteiger partial charge in [0.05, 0.1) is 12.1 Å². The summed E-state index contributed by atoms with van der Waals surface area (Å²) in [4.78, 5) is 21.5. The molecule has 5 nitrogen and oxygen atoms in total. The highest BCUT2D eigenvalue weighted by atomic mass is 16.4. The molecule has 0 spiro atoms. The molecular formula is C8H12N2O3. The molecule has 1 aliphatic heterocycles. The average molecular weight is 184 g/mol. The summed E-state index contributed by atoms with van der Waals surface area (Å²) in [6.45, 7) is 3.52. The highest BCUT2D eigenvalue weighted by molar-refractivity contribution is 6.06. The third-order valence-electron chi connectivity index (χ3n) is 1.82. The van der Waals surface area contributed by atoms with E-state index >= 15 is 0 Å². The molecule has 1 amide bonds. The van der Waals surface area contributed by atoms with E-state index in [0.717, 1.165) is 10.7 Å². The van der Waals surface area contributed by atoms with Gasteiger partial charge in [-0.2, -0.15) is 5.10 Å². The summed E-state index contributed by atoms with van der Waals surface area (Å²) in [5.41, 5.74) is 0.756. The van der Waals surface area contributed by atoms with Gasteiger partial charge in [-0.25, -0.2) is 5.01 Å². The molecule has 0 aromatic carbocycles. The molecule has 13 heavy (non-hydrogen) atoms. The predicted octanol–water partition coefficient (Wildman–Crippen LogP) is 0.315. The number of hydrogen-bond donors (Lipinski definition) is 1. The van der Waals surface area contributed by atoms with Crippen LogP contribution in [-0.4, -0.2) is 34.2 Å². The number of aliphatic carboxylic acids is 1. The Morgan fingerprint density at radius 1 is 1.69 bits per heavy atom. The third kappa shape index (κ3) is 2.27. The first-order chi connectivity index (χ1) is 6.00. The zero-order chi connectivity index (χ0) is 10.0. The van der Waals surface area contributed by atoms with Gasteiger partial charge in [0.15, 0.2) is 0 Å². The van der Waals surface area contributed by atoms with Crippen LogP contribution in [0.3, 0.4) is 0 Å². The monoisotopic (exact) mass is 184 g/mol. The number of amides is 1. The van der Waals surface area contributed by atoms with Gasteiger partial charge in [0.2, 0.25) is 5.91 Å². The second kappa shape index (κ2) is 3.55. The van der Waals surface area contributed by atoms with E-state index in [1.54, 1.807) is 0 Å². The summed E-state index contributed by atoms with van der Waals surface area (Å²) in [6.07, 6.45) is 0.255. The van der Waals surface area contributed by atoms with Crippen LogP contribution in [0.2, 0.25) is 0 Å². The number of carboxylic acid groups (broad SMARTS) is 1. The quantitative estimate of drug-likeness (QED) is 0.686. The highest BCUT2D eigenvalue weighted by Crippen LogP contribution is 2.13. The van der Waals surface area contributed by atoms with Gasteiger partial charge >= 0.3 is 5.97 Å². The standard InChI is InChI=1S/C8H12N2O3/c1-5(2)6-3-7(11)10(9-6)4-8(12)13/h5H,3-4H2,1-2H3,(H,12,13). The summed E-state index contributed by atoms with van der Waals surface area (Å²) in [7, 11) is 0. The van der Waals surface area contributed by atoms with Crippen molar-refractivity contribution in [3.63, 3.8) is 0 Å². The van der Waals surface area contributed by atoms with Crippen LogP contribution in [-0.2, 0) is 9.59 Å². The van der Waals surface area contributed by atoms with Gasteiger partial charge in [-0.15, -0.1) is 0 Å². The van der Waals surface area contributed by atoms with Crippen molar-refractivity contribution in [1.29, 1.82) is 0 Å². The lowest BCUT2D eigenvalue weighted by molar-refractivity contribution is -0.143. The molecule has 0 aromatic heterocycles. The molecule has 0 saturated heterocycles. The summed E-state index contributed by atoms with van der Waals surface area (Å²) in [5.74, 6) is -1.07. The molecule has 0 atom stereocenters. The Balaban J connectivity index is 2.66. The van der Waals surface area contributed by atoms with Crippen LogP contribution in [0.25, 0.3) is 0 Å². The van der Waals surface area contributed by atoms with E-state index in [0.29, 0.717) is 0 Å². The second-order valence-corrected chi connectivity index (χ2v) is 3.27. The number of carbonyl (C=O) groups is 2. The largest absolute Gasteiger partial charge is 0.480 e. The minimum Gasteiger partial charge on any atom is -0.480 e. The van der Waals surface area contributed by atoms with Crippen LogP contribution >= 0.6 is 0 Å². The molecule has 72 valence electrons. The molecule has 0 unspecified atom stereocenters. The van der Waals surface area contributed by atoms with Crippen LogP contribution in [0.15, 0.2) is 5.10 Å². The molecular weight excluding hydrogens is 172 g/mol. The maximum atomic E-state index is 11.2. The molecule has 0 saturated carbocycles. The van der Waals surface area contributed by atoms with E-state index in [2.05, 4.69) is 5.10 Å². The summed E-state index contributed by atoms with van der Waals surface area (Å²) in [5, 5.41) is 13.4. The zero-order valence-electron chi connectivity index (χ0n) is 7.65. The molecule has 0 bridgehead atoms. The average Bonchev–Trinajstić information content (AvgIpc) is 2.31. The Hall–Kier alpha value is -1.39. The molecule has 0 fully saturated rings. The third-order valence-corrected chi connectivity index (χ3v) is 1.82. The molecule has 1 aliphatic rings. The Kier molecular flexibility index (Phi) is 2.65. The predicted molar refractivity (Wildman–Crippen MR) is 46.2 cm³/mol.